The Balaban J connectivity index is 1.39. The van der Waals surface area contributed by atoms with Gasteiger partial charge in [-0.1, -0.05) is 50.0 Å². The molecule has 0 unspecified atom stereocenters. The molecule has 0 bridgehead atoms. The van der Waals surface area contributed by atoms with Crippen LogP contribution in [0.25, 0.3) is 0 Å². The minimum absolute atomic E-state index is 0.212. The van der Waals surface area contributed by atoms with Gasteiger partial charge in [-0.2, -0.15) is 0 Å². The number of piperidine rings is 1. The number of tetrazole rings is 1. The van der Waals surface area contributed by atoms with Gasteiger partial charge in [0.15, 0.2) is 12.6 Å². The maximum absolute atomic E-state index is 12.3. The third kappa shape index (κ3) is 6.93. The maximum Gasteiger partial charge on any atom is 0.410 e. The lowest BCUT2D eigenvalue weighted by Crippen LogP contribution is -2.38. The zero-order valence-corrected chi connectivity index (χ0v) is 18.6. The number of aromatic nitrogens is 4. The Morgan fingerprint density at radius 1 is 1.17 bits per heavy atom. The topological polar surface area (TPSA) is 82.4 Å². The number of likely N-dealkylation sites (tertiary alicyclic amines) is 1. The number of benzene rings is 1. The summed E-state index contributed by atoms with van der Waals surface area (Å²) in [5.74, 6) is 0.944. The van der Waals surface area contributed by atoms with E-state index in [1.54, 1.807) is 4.90 Å². The first-order chi connectivity index (χ1) is 13.9. The average molecular weight is 418 g/mol. The fourth-order valence-electron chi connectivity index (χ4n) is 3.13. The lowest BCUT2D eigenvalue weighted by molar-refractivity contribution is 0.0669. The van der Waals surface area contributed by atoms with Crippen LogP contribution in [0.1, 0.15) is 30.1 Å². The molecule has 2 heterocycles. The molecule has 1 aromatic heterocycles. The van der Waals surface area contributed by atoms with Crippen LogP contribution in [0, 0.1) is 0 Å². The van der Waals surface area contributed by atoms with Gasteiger partial charge in [0.1, 0.15) is 6.61 Å². The van der Waals surface area contributed by atoms with E-state index in [1.165, 1.54) is 4.80 Å². The number of rotatable bonds is 8. The standard InChI is InChI=1S/C20H31N5O3Si/c1-29(2,3)14-13-27-16-25-22-19(21-23-25)18-9-11-24(12-10-18)20(26)28-15-17-7-5-4-6-8-17/h4-8,18H,9-16H2,1-3H3. The Labute approximate surface area is 173 Å². The molecule has 2 aromatic rings. The molecule has 8 nitrogen and oxygen atoms in total. The second-order valence-corrected chi connectivity index (χ2v) is 14.3. The summed E-state index contributed by atoms with van der Waals surface area (Å²) in [6, 6.07) is 10.8. The monoisotopic (exact) mass is 417 g/mol. The summed E-state index contributed by atoms with van der Waals surface area (Å²) in [5.41, 5.74) is 0.989. The molecular weight excluding hydrogens is 386 g/mol. The molecule has 1 fully saturated rings. The van der Waals surface area contributed by atoms with Crippen LogP contribution in [0.15, 0.2) is 30.3 Å². The zero-order chi connectivity index (χ0) is 20.7. The summed E-state index contributed by atoms with van der Waals surface area (Å²) in [6.07, 6.45) is 1.35. The van der Waals surface area contributed by atoms with Gasteiger partial charge >= 0.3 is 6.09 Å². The van der Waals surface area contributed by atoms with Crippen molar-refractivity contribution in [2.75, 3.05) is 19.7 Å². The highest BCUT2D eigenvalue weighted by molar-refractivity contribution is 6.76. The van der Waals surface area contributed by atoms with E-state index in [1.807, 2.05) is 30.3 Å². The molecule has 1 saturated heterocycles. The first-order valence-corrected chi connectivity index (χ1v) is 13.9. The first kappa shape index (κ1) is 21.4. The number of hydrogen-bond donors (Lipinski definition) is 0. The van der Waals surface area contributed by atoms with Gasteiger partial charge in [-0.05, 0) is 29.7 Å². The van der Waals surface area contributed by atoms with E-state index in [-0.39, 0.29) is 12.0 Å². The van der Waals surface area contributed by atoms with E-state index < -0.39 is 8.07 Å². The van der Waals surface area contributed by atoms with Crippen LogP contribution in [0.5, 0.6) is 0 Å². The molecule has 0 saturated carbocycles. The number of carbonyl (C=O) groups excluding carboxylic acids is 1. The number of amides is 1. The summed E-state index contributed by atoms with van der Waals surface area (Å²) >= 11 is 0. The van der Waals surface area contributed by atoms with E-state index >= 15 is 0 Å². The Hall–Kier alpha value is -2.26. The second kappa shape index (κ2) is 9.97. The quantitative estimate of drug-likeness (QED) is 0.483. The predicted octanol–water partition coefficient (Wildman–Crippen LogP) is 3.50. The van der Waals surface area contributed by atoms with Crippen LogP contribution in [0.2, 0.25) is 25.7 Å². The van der Waals surface area contributed by atoms with Crippen molar-refractivity contribution < 1.29 is 14.3 Å². The molecule has 0 radical (unpaired) electrons. The van der Waals surface area contributed by atoms with Crippen molar-refractivity contribution in [3.63, 3.8) is 0 Å². The highest BCUT2D eigenvalue weighted by Gasteiger charge is 2.27. The summed E-state index contributed by atoms with van der Waals surface area (Å²) < 4.78 is 11.1. The minimum Gasteiger partial charge on any atom is -0.445 e. The lowest BCUT2D eigenvalue weighted by Gasteiger charge is -2.29. The molecule has 0 aliphatic carbocycles. The van der Waals surface area contributed by atoms with Gasteiger partial charge < -0.3 is 14.4 Å². The highest BCUT2D eigenvalue weighted by atomic mass is 28.3. The third-order valence-corrected chi connectivity index (χ3v) is 6.70. The molecule has 0 atom stereocenters. The second-order valence-electron chi connectivity index (χ2n) is 8.67. The SMILES string of the molecule is C[Si](C)(C)CCOCn1nnc(C2CCN(C(=O)OCc3ccccc3)CC2)n1. The minimum atomic E-state index is -1.09. The first-order valence-electron chi connectivity index (χ1n) is 10.2. The highest BCUT2D eigenvalue weighted by Crippen LogP contribution is 2.25. The van der Waals surface area contributed by atoms with Crippen molar-refractivity contribution in [2.45, 2.75) is 57.8 Å². The van der Waals surface area contributed by atoms with Gasteiger partial charge in [0.25, 0.3) is 0 Å². The molecule has 0 N–H and O–H groups in total. The number of ether oxygens (including phenoxy) is 2. The predicted molar refractivity (Wildman–Crippen MR) is 112 cm³/mol. The smallest absolute Gasteiger partial charge is 0.410 e. The molecule has 0 spiro atoms. The van der Waals surface area contributed by atoms with Crippen LogP contribution < -0.4 is 0 Å². The van der Waals surface area contributed by atoms with Crippen molar-refractivity contribution >= 4 is 14.2 Å². The molecule has 1 amide bonds. The molecular formula is C20H31N5O3Si. The maximum atomic E-state index is 12.3. The average Bonchev–Trinajstić information content (AvgIpc) is 3.19. The fraction of sp³-hybridized carbons (Fsp3) is 0.600. The van der Waals surface area contributed by atoms with Crippen molar-refractivity contribution in [1.82, 2.24) is 25.1 Å². The van der Waals surface area contributed by atoms with Gasteiger partial charge in [0, 0.05) is 33.7 Å². The molecule has 29 heavy (non-hydrogen) atoms. The van der Waals surface area contributed by atoms with Crippen LogP contribution >= 0.6 is 0 Å². The van der Waals surface area contributed by atoms with Crippen molar-refractivity contribution in [3.8, 4) is 0 Å². The summed E-state index contributed by atoms with van der Waals surface area (Å²) in [5, 5.41) is 12.7. The van der Waals surface area contributed by atoms with Gasteiger partial charge in [0.2, 0.25) is 0 Å². The van der Waals surface area contributed by atoms with Gasteiger partial charge in [-0.15, -0.1) is 15.0 Å². The van der Waals surface area contributed by atoms with Crippen molar-refractivity contribution in [3.05, 3.63) is 41.7 Å². The largest absolute Gasteiger partial charge is 0.445 e. The summed E-state index contributed by atoms with van der Waals surface area (Å²) in [7, 11) is -1.09. The fourth-order valence-corrected chi connectivity index (χ4v) is 3.89. The third-order valence-electron chi connectivity index (χ3n) is 4.99. The van der Waals surface area contributed by atoms with E-state index in [4.69, 9.17) is 9.47 Å². The van der Waals surface area contributed by atoms with Gasteiger partial charge in [0.05, 0.1) is 0 Å². The van der Waals surface area contributed by atoms with Gasteiger partial charge in [-0.25, -0.2) is 4.79 Å². The molecule has 1 aromatic carbocycles. The Morgan fingerprint density at radius 2 is 1.90 bits per heavy atom. The van der Waals surface area contributed by atoms with Crippen LogP contribution in [0.4, 0.5) is 4.79 Å². The number of carbonyl (C=O) groups is 1. The Bertz CT molecular complexity index is 770. The summed E-state index contributed by atoms with van der Waals surface area (Å²) in [4.78, 5) is 15.5. The Kier molecular flexibility index (Phi) is 7.38. The molecule has 9 heteroatoms. The molecule has 158 valence electrons. The summed E-state index contributed by atoms with van der Waals surface area (Å²) in [6.45, 7) is 9.62. The van der Waals surface area contributed by atoms with Gasteiger partial charge in [-0.3, -0.25) is 0 Å². The lowest BCUT2D eigenvalue weighted by atomic mass is 9.96. The van der Waals surface area contributed by atoms with E-state index in [0.717, 1.165) is 36.9 Å². The van der Waals surface area contributed by atoms with Crippen LogP contribution in [-0.4, -0.2) is 59.0 Å². The molecule has 1 aliphatic heterocycles. The normalized spacial score (nSPS) is 15.5. The molecule has 1 aliphatic rings. The number of hydrogen-bond acceptors (Lipinski definition) is 6. The van der Waals surface area contributed by atoms with Crippen molar-refractivity contribution in [1.29, 1.82) is 0 Å². The van der Waals surface area contributed by atoms with Crippen LogP contribution in [-0.2, 0) is 22.8 Å². The van der Waals surface area contributed by atoms with Crippen LogP contribution in [0.3, 0.4) is 0 Å². The molecule has 3 rings (SSSR count). The zero-order valence-electron chi connectivity index (χ0n) is 17.6. The van der Waals surface area contributed by atoms with Crippen molar-refractivity contribution in [2.24, 2.45) is 0 Å². The van der Waals surface area contributed by atoms with E-state index in [9.17, 15) is 4.79 Å². The van der Waals surface area contributed by atoms with E-state index in [0.29, 0.717) is 26.4 Å². The number of nitrogens with zero attached hydrogens (tertiary/aromatic N) is 5. The van der Waals surface area contributed by atoms with E-state index in [2.05, 4.69) is 35.1 Å². The Morgan fingerprint density at radius 3 is 2.59 bits per heavy atom.